The van der Waals surface area contributed by atoms with Crippen LogP contribution >= 0.6 is 0 Å². The van der Waals surface area contributed by atoms with Crippen LogP contribution < -0.4 is 5.32 Å². The van der Waals surface area contributed by atoms with Crippen LogP contribution in [-0.4, -0.2) is 36.4 Å². The molecule has 0 unspecified atom stereocenters. The molecule has 2 N–H and O–H groups in total. The minimum atomic E-state index is -0.497. The van der Waals surface area contributed by atoms with Gasteiger partial charge in [-0.1, -0.05) is 6.58 Å². The summed E-state index contributed by atoms with van der Waals surface area (Å²) in [5, 5.41) is 11.9. The Labute approximate surface area is 77.6 Å². The highest BCUT2D eigenvalue weighted by atomic mass is 16.5. The number of carbonyl (C=O) groups excluding carboxylic acids is 1. The van der Waals surface area contributed by atoms with E-state index in [0.29, 0.717) is 26.1 Å². The van der Waals surface area contributed by atoms with E-state index in [1.54, 1.807) is 0 Å². The normalized spacial score (nSPS) is 20.7. The Morgan fingerprint density at radius 1 is 1.62 bits per heavy atom. The Morgan fingerprint density at radius 3 is 2.69 bits per heavy atom. The molecule has 1 amide bonds. The third-order valence-electron chi connectivity index (χ3n) is 2.33. The van der Waals surface area contributed by atoms with Crippen LogP contribution in [0.5, 0.6) is 0 Å². The smallest absolute Gasteiger partial charge is 0.243 e. The third-order valence-corrected chi connectivity index (χ3v) is 2.33. The average molecular weight is 185 g/mol. The zero-order chi connectivity index (χ0) is 9.73. The van der Waals surface area contributed by atoms with E-state index in [2.05, 4.69) is 11.9 Å². The molecule has 0 aromatic rings. The van der Waals surface area contributed by atoms with E-state index in [0.717, 1.165) is 0 Å². The first-order valence-electron chi connectivity index (χ1n) is 4.36. The molecule has 1 aliphatic heterocycles. The quantitative estimate of drug-likeness (QED) is 0.600. The largest absolute Gasteiger partial charge is 0.394 e. The molecule has 0 aromatic heterocycles. The zero-order valence-corrected chi connectivity index (χ0v) is 7.58. The molecule has 0 saturated carbocycles. The van der Waals surface area contributed by atoms with Crippen LogP contribution in [0.25, 0.3) is 0 Å². The van der Waals surface area contributed by atoms with Gasteiger partial charge >= 0.3 is 0 Å². The van der Waals surface area contributed by atoms with Crippen molar-refractivity contribution in [2.24, 2.45) is 0 Å². The Morgan fingerprint density at radius 2 is 2.23 bits per heavy atom. The predicted octanol–water partition coefficient (Wildman–Crippen LogP) is -0.170. The molecule has 0 spiro atoms. The minimum Gasteiger partial charge on any atom is -0.394 e. The lowest BCUT2D eigenvalue weighted by molar-refractivity contribution is -0.120. The van der Waals surface area contributed by atoms with Gasteiger partial charge in [-0.05, 0) is 18.9 Å². The first kappa shape index (κ1) is 10.2. The van der Waals surface area contributed by atoms with Crippen molar-refractivity contribution in [1.82, 2.24) is 5.32 Å². The summed E-state index contributed by atoms with van der Waals surface area (Å²) in [5.41, 5.74) is -0.497. The molecule has 1 saturated heterocycles. The van der Waals surface area contributed by atoms with E-state index in [1.807, 2.05) is 0 Å². The zero-order valence-electron chi connectivity index (χ0n) is 7.58. The maximum Gasteiger partial charge on any atom is 0.243 e. The fourth-order valence-electron chi connectivity index (χ4n) is 1.40. The molecule has 0 aliphatic carbocycles. The lowest BCUT2D eigenvalue weighted by atomic mass is 9.91. The summed E-state index contributed by atoms with van der Waals surface area (Å²) >= 11 is 0. The number of ether oxygens (including phenoxy) is 1. The summed E-state index contributed by atoms with van der Waals surface area (Å²) in [4.78, 5) is 11.1. The molecule has 0 atom stereocenters. The predicted molar refractivity (Wildman–Crippen MR) is 48.2 cm³/mol. The number of aliphatic hydroxyl groups excluding tert-OH is 1. The van der Waals surface area contributed by atoms with Crippen molar-refractivity contribution in [2.45, 2.75) is 18.4 Å². The molecule has 0 bridgehead atoms. The fraction of sp³-hybridized carbons (Fsp3) is 0.667. The van der Waals surface area contributed by atoms with Crippen LogP contribution in [0.15, 0.2) is 12.7 Å². The van der Waals surface area contributed by atoms with Gasteiger partial charge in [-0.3, -0.25) is 4.79 Å². The maximum atomic E-state index is 11.1. The van der Waals surface area contributed by atoms with Crippen LogP contribution in [-0.2, 0) is 9.53 Å². The van der Waals surface area contributed by atoms with E-state index in [4.69, 9.17) is 4.74 Å². The SMILES string of the molecule is C=CC(=O)NC1(CO)CCOCC1. The van der Waals surface area contributed by atoms with Crippen molar-refractivity contribution in [3.8, 4) is 0 Å². The molecule has 74 valence electrons. The molecular formula is C9H15NO3. The van der Waals surface area contributed by atoms with E-state index in [9.17, 15) is 9.90 Å². The first-order valence-corrected chi connectivity index (χ1v) is 4.36. The van der Waals surface area contributed by atoms with Gasteiger partial charge in [0.1, 0.15) is 0 Å². The van der Waals surface area contributed by atoms with E-state index < -0.39 is 5.54 Å². The van der Waals surface area contributed by atoms with Gasteiger partial charge in [0.05, 0.1) is 12.1 Å². The number of amides is 1. The van der Waals surface area contributed by atoms with E-state index in [-0.39, 0.29) is 12.5 Å². The summed E-state index contributed by atoms with van der Waals surface area (Å²) in [6.45, 7) is 4.48. The average Bonchev–Trinajstić information content (AvgIpc) is 2.19. The second kappa shape index (κ2) is 4.39. The number of carbonyl (C=O) groups is 1. The summed E-state index contributed by atoms with van der Waals surface area (Å²) in [5.74, 6) is -0.240. The molecule has 13 heavy (non-hydrogen) atoms. The summed E-state index contributed by atoms with van der Waals surface area (Å²) < 4.78 is 5.15. The number of hydrogen-bond donors (Lipinski definition) is 2. The van der Waals surface area contributed by atoms with E-state index >= 15 is 0 Å². The molecule has 1 fully saturated rings. The van der Waals surface area contributed by atoms with Crippen LogP contribution in [0.2, 0.25) is 0 Å². The van der Waals surface area contributed by atoms with Crippen molar-refractivity contribution >= 4 is 5.91 Å². The summed E-state index contributed by atoms with van der Waals surface area (Å²) in [6, 6.07) is 0. The Bertz CT molecular complexity index is 197. The van der Waals surface area contributed by atoms with Crippen molar-refractivity contribution in [1.29, 1.82) is 0 Å². The highest BCUT2D eigenvalue weighted by Gasteiger charge is 2.32. The van der Waals surface area contributed by atoms with Gasteiger partial charge in [-0.15, -0.1) is 0 Å². The number of rotatable bonds is 3. The number of hydrogen-bond acceptors (Lipinski definition) is 3. The Balaban J connectivity index is 2.56. The van der Waals surface area contributed by atoms with Crippen molar-refractivity contribution in [3.63, 3.8) is 0 Å². The standard InChI is InChI=1S/C9H15NO3/c1-2-8(12)10-9(7-11)3-5-13-6-4-9/h2,11H,1,3-7H2,(H,10,12). The summed E-state index contributed by atoms with van der Waals surface area (Å²) in [6.07, 6.45) is 2.53. The van der Waals surface area contributed by atoms with Gasteiger partial charge in [0.15, 0.2) is 0 Å². The first-order chi connectivity index (χ1) is 6.22. The molecule has 1 heterocycles. The fourth-order valence-corrected chi connectivity index (χ4v) is 1.40. The van der Waals surface area contributed by atoms with Gasteiger partial charge in [0, 0.05) is 13.2 Å². The highest BCUT2D eigenvalue weighted by Crippen LogP contribution is 2.19. The molecule has 1 aliphatic rings. The summed E-state index contributed by atoms with van der Waals surface area (Å²) in [7, 11) is 0. The second-order valence-electron chi connectivity index (χ2n) is 3.24. The molecule has 0 radical (unpaired) electrons. The van der Waals surface area contributed by atoms with Gasteiger partial charge < -0.3 is 15.2 Å². The van der Waals surface area contributed by atoms with E-state index in [1.165, 1.54) is 6.08 Å². The number of nitrogens with one attached hydrogen (secondary N) is 1. The molecule has 0 aromatic carbocycles. The topological polar surface area (TPSA) is 58.6 Å². The van der Waals surface area contributed by atoms with Crippen molar-refractivity contribution in [3.05, 3.63) is 12.7 Å². The maximum absolute atomic E-state index is 11.1. The molecular weight excluding hydrogens is 170 g/mol. The number of aliphatic hydroxyl groups is 1. The van der Waals surface area contributed by atoms with Gasteiger partial charge in [-0.25, -0.2) is 0 Å². The Kier molecular flexibility index (Phi) is 3.45. The van der Waals surface area contributed by atoms with Crippen molar-refractivity contribution in [2.75, 3.05) is 19.8 Å². The van der Waals surface area contributed by atoms with Crippen LogP contribution in [0.1, 0.15) is 12.8 Å². The van der Waals surface area contributed by atoms with Crippen molar-refractivity contribution < 1.29 is 14.6 Å². The van der Waals surface area contributed by atoms with Gasteiger partial charge in [0.2, 0.25) is 5.91 Å². The monoisotopic (exact) mass is 185 g/mol. The van der Waals surface area contributed by atoms with Crippen LogP contribution in [0, 0.1) is 0 Å². The highest BCUT2D eigenvalue weighted by molar-refractivity contribution is 5.87. The van der Waals surface area contributed by atoms with Crippen LogP contribution in [0.3, 0.4) is 0 Å². The van der Waals surface area contributed by atoms with Crippen LogP contribution in [0.4, 0.5) is 0 Å². The lowest BCUT2D eigenvalue weighted by Gasteiger charge is -2.35. The molecule has 1 rings (SSSR count). The minimum absolute atomic E-state index is 0.0457. The molecule has 4 heteroatoms. The van der Waals surface area contributed by atoms with Gasteiger partial charge in [-0.2, -0.15) is 0 Å². The second-order valence-corrected chi connectivity index (χ2v) is 3.24. The molecule has 4 nitrogen and oxygen atoms in total. The Hall–Kier alpha value is -0.870. The third kappa shape index (κ3) is 2.54. The van der Waals surface area contributed by atoms with Gasteiger partial charge in [0.25, 0.3) is 0 Å². The lowest BCUT2D eigenvalue weighted by Crippen LogP contribution is -2.54.